The highest BCUT2D eigenvalue weighted by Crippen LogP contribution is 2.36. The van der Waals surface area contributed by atoms with Crippen molar-refractivity contribution in [1.82, 2.24) is 0 Å². The molecule has 0 bridgehead atoms. The van der Waals surface area contributed by atoms with Gasteiger partial charge < -0.3 is 4.74 Å². The van der Waals surface area contributed by atoms with Gasteiger partial charge in [0.25, 0.3) is 0 Å². The Morgan fingerprint density at radius 3 is 2.03 bits per heavy atom. The van der Waals surface area contributed by atoms with Crippen LogP contribution in [-0.4, -0.2) is 13.2 Å². The van der Waals surface area contributed by atoms with Gasteiger partial charge in [-0.05, 0) is 68.7 Å². The van der Waals surface area contributed by atoms with Gasteiger partial charge in [-0.15, -0.1) is 0 Å². The van der Waals surface area contributed by atoms with Gasteiger partial charge in [0.15, 0.2) is 0 Å². The zero-order chi connectivity index (χ0) is 24.5. The minimum atomic E-state index is -0.755. The largest absolute Gasteiger partial charge is 0.376 e. The number of rotatable bonds is 5. The Morgan fingerprint density at radius 2 is 1.33 bits per heavy atom. The van der Waals surface area contributed by atoms with Crippen LogP contribution in [0.3, 0.4) is 0 Å². The van der Waals surface area contributed by atoms with Gasteiger partial charge in [-0.2, -0.15) is 0 Å². The average Bonchev–Trinajstić information content (AvgIpc) is 2.93. The lowest BCUT2D eigenvalue weighted by molar-refractivity contribution is 0.124. The summed E-state index contributed by atoms with van der Waals surface area (Å²) in [7, 11) is 1.11. The first-order valence-corrected chi connectivity index (χ1v) is 14.2. The van der Waals surface area contributed by atoms with E-state index in [2.05, 4.69) is 122 Å². The lowest BCUT2D eigenvalue weighted by Crippen LogP contribution is -2.46. The normalized spacial score (nSPS) is 18.5. The molecule has 0 aromatic heterocycles. The van der Waals surface area contributed by atoms with Crippen LogP contribution in [0.2, 0.25) is 0 Å². The molecule has 0 saturated carbocycles. The van der Waals surface area contributed by atoms with Crippen molar-refractivity contribution in [2.75, 3.05) is 7.11 Å². The third kappa shape index (κ3) is 4.07. The molecule has 178 valence electrons. The van der Waals surface area contributed by atoms with E-state index in [9.17, 15) is 0 Å². The molecule has 4 aromatic rings. The summed E-state index contributed by atoms with van der Waals surface area (Å²) in [4.78, 5) is 0. The predicted molar refractivity (Wildman–Crippen MR) is 155 cm³/mol. The molecule has 1 nitrogen and oxygen atoms in total. The second-order valence-corrected chi connectivity index (χ2v) is 11.8. The van der Waals surface area contributed by atoms with Crippen molar-refractivity contribution in [3.05, 3.63) is 123 Å². The second kappa shape index (κ2) is 10.0. The molecule has 2 unspecified atom stereocenters. The highest BCUT2D eigenvalue weighted by atomic mass is 31.1. The summed E-state index contributed by atoms with van der Waals surface area (Å²) in [5.74, 6) is 0.288. The van der Waals surface area contributed by atoms with Crippen LogP contribution in [0, 0.1) is 5.92 Å². The second-order valence-electron chi connectivity index (χ2n) is 9.64. The summed E-state index contributed by atoms with van der Waals surface area (Å²) >= 11 is 0. The van der Waals surface area contributed by atoms with E-state index in [1.165, 1.54) is 47.9 Å². The average molecular weight is 487 g/mol. The van der Waals surface area contributed by atoms with Crippen LogP contribution in [0.1, 0.15) is 25.3 Å². The van der Waals surface area contributed by atoms with Crippen molar-refractivity contribution in [3.63, 3.8) is 0 Å². The minimum Gasteiger partial charge on any atom is -0.376 e. The Labute approximate surface area is 214 Å². The minimum absolute atomic E-state index is 0.00359. The van der Waals surface area contributed by atoms with Crippen LogP contribution in [-0.2, 0) is 4.74 Å². The molecular formula is C34H31OP. The molecule has 0 heterocycles. The molecule has 0 radical (unpaired) electrons. The Morgan fingerprint density at radius 1 is 0.694 bits per heavy atom. The molecule has 0 amide bonds. The van der Waals surface area contributed by atoms with Gasteiger partial charge in [-0.25, -0.2) is 0 Å². The van der Waals surface area contributed by atoms with Gasteiger partial charge in [0.05, 0.1) is 6.10 Å². The molecule has 0 aliphatic heterocycles. The summed E-state index contributed by atoms with van der Waals surface area (Å²) < 4.78 is 6.28. The molecular weight excluding hydrogens is 455 g/mol. The third-order valence-corrected chi connectivity index (χ3v) is 9.87. The molecule has 36 heavy (non-hydrogen) atoms. The number of benzene rings is 4. The quantitative estimate of drug-likeness (QED) is 0.393. The summed E-state index contributed by atoms with van der Waals surface area (Å²) in [6.45, 7) is 2.28. The van der Waals surface area contributed by atoms with Gasteiger partial charge >= 0.3 is 0 Å². The van der Waals surface area contributed by atoms with Crippen molar-refractivity contribution in [2.45, 2.75) is 25.9 Å². The van der Waals surface area contributed by atoms with Crippen molar-refractivity contribution in [2.24, 2.45) is 5.92 Å². The van der Waals surface area contributed by atoms with Gasteiger partial charge in [0.1, 0.15) is 0 Å². The fourth-order valence-electron chi connectivity index (χ4n) is 5.82. The standard InChI is InChI=1S/C34H31OP/c1-24-23-26-14-10-12-20-30(26)33(34(24)35-2)32-29-19-11-9-13-25(29)21-22-31(32)36(27-15-5-3-6-16-27)28-17-7-4-8-18-28/h3-8,10,12-24,34H,9,11H2,1-2H3. The summed E-state index contributed by atoms with van der Waals surface area (Å²) in [5, 5.41) is 9.48. The fraction of sp³-hybridized carbons (Fsp3) is 0.176. The Balaban J connectivity index is 1.77. The zero-order valence-electron chi connectivity index (χ0n) is 20.9. The first kappa shape index (κ1) is 23.2. The first-order chi connectivity index (χ1) is 17.8. The van der Waals surface area contributed by atoms with Crippen molar-refractivity contribution >= 4 is 47.6 Å². The number of methoxy groups -OCH3 is 1. The summed E-state index contributed by atoms with van der Waals surface area (Å²) in [5.41, 5.74) is 2.71. The smallest absolute Gasteiger partial charge is 0.0893 e. The van der Waals surface area contributed by atoms with Crippen LogP contribution in [0.4, 0.5) is 0 Å². The molecule has 6 rings (SSSR count). The number of fused-ring (bicyclic) bond motifs is 2. The van der Waals surface area contributed by atoms with Crippen LogP contribution in [0.15, 0.2) is 97.1 Å². The van der Waals surface area contributed by atoms with Gasteiger partial charge in [-0.3, -0.25) is 0 Å². The van der Waals surface area contributed by atoms with Crippen molar-refractivity contribution in [3.8, 4) is 0 Å². The molecule has 0 fully saturated rings. The summed E-state index contributed by atoms with van der Waals surface area (Å²) in [6, 6.07) is 35.7. The first-order valence-electron chi connectivity index (χ1n) is 12.8. The van der Waals surface area contributed by atoms with Crippen molar-refractivity contribution < 1.29 is 4.74 Å². The molecule has 2 aliphatic rings. The molecule has 0 saturated heterocycles. The summed E-state index contributed by atoms with van der Waals surface area (Å²) in [6.07, 6.45) is 9.41. The van der Waals surface area contributed by atoms with Crippen molar-refractivity contribution in [1.29, 1.82) is 0 Å². The van der Waals surface area contributed by atoms with Crippen LogP contribution < -0.4 is 36.8 Å². The van der Waals surface area contributed by atoms with Gasteiger partial charge in [-0.1, -0.05) is 122 Å². The molecule has 2 heteroatoms. The van der Waals surface area contributed by atoms with E-state index in [0.29, 0.717) is 0 Å². The number of hydrogen-bond acceptors (Lipinski definition) is 1. The maximum absolute atomic E-state index is 6.28. The van der Waals surface area contributed by atoms with E-state index in [1.54, 1.807) is 0 Å². The highest BCUT2D eigenvalue weighted by Gasteiger charge is 2.30. The van der Waals surface area contributed by atoms with Crippen LogP contribution >= 0.6 is 7.92 Å². The zero-order valence-corrected chi connectivity index (χ0v) is 21.8. The van der Waals surface area contributed by atoms with E-state index in [1.807, 2.05) is 7.11 Å². The van der Waals surface area contributed by atoms with E-state index >= 15 is 0 Å². The maximum Gasteiger partial charge on any atom is 0.0893 e. The van der Waals surface area contributed by atoms with Gasteiger partial charge in [0, 0.05) is 13.0 Å². The number of hydrogen-bond donors (Lipinski definition) is 0. The molecule has 0 spiro atoms. The molecule has 0 N–H and O–H groups in total. The maximum atomic E-state index is 6.28. The van der Waals surface area contributed by atoms with E-state index in [0.717, 1.165) is 12.8 Å². The van der Waals surface area contributed by atoms with Gasteiger partial charge in [0.2, 0.25) is 0 Å². The molecule has 4 aromatic carbocycles. The van der Waals surface area contributed by atoms with E-state index < -0.39 is 7.92 Å². The lowest BCUT2D eigenvalue weighted by atomic mass is 9.83. The Bertz CT molecular complexity index is 1600. The highest BCUT2D eigenvalue weighted by molar-refractivity contribution is 7.80. The predicted octanol–water partition coefficient (Wildman–Crippen LogP) is 3.44. The van der Waals surface area contributed by atoms with Crippen LogP contribution in [0.5, 0.6) is 0 Å². The Hall–Kier alpha value is -3.25. The van der Waals surface area contributed by atoms with E-state index in [4.69, 9.17) is 4.74 Å². The third-order valence-electron chi connectivity index (χ3n) is 7.39. The Kier molecular flexibility index (Phi) is 6.45. The number of ether oxygens (including phenoxy) is 1. The monoisotopic (exact) mass is 486 g/mol. The SMILES string of the molecule is COC1C(c2c(P(c3ccccc3)c3ccccc3)ccc3c2=CCCC=3)=c2ccccc2=CC1C. The lowest BCUT2D eigenvalue weighted by Gasteiger charge is -2.31. The fourth-order valence-corrected chi connectivity index (χ4v) is 8.31. The topological polar surface area (TPSA) is 9.23 Å². The van der Waals surface area contributed by atoms with Crippen LogP contribution in [0.25, 0.3) is 23.8 Å². The van der Waals surface area contributed by atoms with E-state index in [-0.39, 0.29) is 12.0 Å². The molecule has 2 aliphatic carbocycles. The molecule has 2 atom stereocenters.